The van der Waals surface area contributed by atoms with Crippen molar-refractivity contribution >= 4 is 0 Å². The average molecular weight is 207 g/mol. The van der Waals surface area contributed by atoms with Gasteiger partial charge in [-0.25, -0.2) is 0 Å². The lowest BCUT2D eigenvalue weighted by Crippen LogP contribution is -2.31. The van der Waals surface area contributed by atoms with Crippen molar-refractivity contribution < 1.29 is 0 Å². The lowest BCUT2D eigenvalue weighted by molar-refractivity contribution is 0.249. The van der Waals surface area contributed by atoms with Gasteiger partial charge in [-0.3, -0.25) is 0 Å². The molecule has 0 radical (unpaired) electrons. The SMILES string of the molecule is CNC1CCCC1CC1CC2CCC1C2. The lowest BCUT2D eigenvalue weighted by atomic mass is 9.81. The van der Waals surface area contributed by atoms with E-state index in [4.69, 9.17) is 0 Å². The molecule has 0 aromatic carbocycles. The Kier molecular flexibility index (Phi) is 2.76. The Morgan fingerprint density at radius 1 is 1.00 bits per heavy atom. The Labute approximate surface area is 94.0 Å². The van der Waals surface area contributed by atoms with Crippen LogP contribution >= 0.6 is 0 Å². The fourth-order valence-corrected chi connectivity index (χ4v) is 4.75. The van der Waals surface area contributed by atoms with Gasteiger partial charge in [0.05, 0.1) is 0 Å². The highest BCUT2D eigenvalue weighted by molar-refractivity contribution is 4.93. The number of hydrogen-bond donors (Lipinski definition) is 1. The van der Waals surface area contributed by atoms with Crippen molar-refractivity contribution in [3.05, 3.63) is 0 Å². The topological polar surface area (TPSA) is 12.0 Å². The van der Waals surface area contributed by atoms with E-state index in [9.17, 15) is 0 Å². The summed E-state index contributed by atoms with van der Waals surface area (Å²) in [6.07, 6.45) is 12.2. The number of hydrogen-bond acceptors (Lipinski definition) is 1. The summed E-state index contributed by atoms with van der Waals surface area (Å²) in [6, 6.07) is 0.851. The van der Waals surface area contributed by atoms with Gasteiger partial charge in [0, 0.05) is 6.04 Å². The van der Waals surface area contributed by atoms with E-state index >= 15 is 0 Å². The van der Waals surface area contributed by atoms with Gasteiger partial charge < -0.3 is 5.32 Å². The van der Waals surface area contributed by atoms with Crippen molar-refractivity contribution in [2.45, 2.75) is 57.4 Å². The number of fused-ring (bicyclic) bond motifs is 2. The van der Waals surface area contributed by atoms with Gasteiger partial charge in [0.1, 0.15) is 0 Å². The van der Waals surface area contributed by atoms with Gasteiger partial charge in [-0.15, -0.1) is 0 Å². The normalized spacial score (nSPS) is 49.0. The first kappa shape index (κ1) is 10.1. The monoisotopic (exact) mass is 207 g/mol. The molecule has 15 heavy (non-hydrogen) atoms. The van der Waals surface area contributed by atoms with Gasteiger partial charge in [0.2, 0.25) is 0 Å². The molecule has 1 N–H and O–H groups in total. The van der Waals surface area contributed by atoms with Crippen molar-refractivity contribution in [3.63, 3.8) is 0 Å². The van der Waals surface area contributed by atoms with Gasteiger partial charge in [-0.1, -0.05) is 12.8 Å². The van der Waals surface area contributed by atoms with Gasteiger partial charge in [-0.2, -0.15) is 0 Å². The largest absolute Gasteiger partial charge is 0.317 e. The Hall–Kier alpha value is -0.0400. The van der Waals surface area contributed by atoms with Crippen LogP contribution in [0.3, 0.4) is 0 Å². The molecule has 3 fully saturated rings. The second kappa shape index (κ2) is 4.08. The van der Waals surface area contributed by atoms with Gasteiger partial charge in [-0.05, 0) is 69.2 Å². The van der Waals surface area contributed by atoms with Crippen LogP contribution in [0, 0.1) is 23.7 Å². The predicted molar refractivity (Wildman–Crippen MR) is 63.7 cm³/mol. The van der Waals surface area contributed by atoms with Crippen molar-refractivity contribution in [3.8, 4) is 0 Å². The van der Waals surface area contributed by atoms with Crippen LogP contribution in [0.2, 0.25) is 0 Å². The maximum atomic E-state index is 3.53. The number of rotatable bonds is 3. The van der Waals surface area contributed by atoms with Crippen LogP contribution in [0.1, 0.15) is 51.4 Å². The molecule has 0 amide bonds. The minimum Gasteiger partial charge on any atom is -0.317 e. The maximum Gasteiger partial charge on any atom is 0.00924 e. The van der Waals surface area contributed by atoms with Gasteiger partial charge in [0.15, 0.2) is 0 Å². The molecule has 86 valence electrons. The highest BCUT2D eigenvalue weighted by atomic mass is 14.9. The zero-order valence-corrected chi connectivity index (χ0v) is 10.0. The Balaban J connectivity index is 1.56. The quantitative estimate of drug-likeness (QED) is 0.749. The van der Waals surface area contributed by atoms with E-state index in [0.717, 1.165) is 29.7 Å². The molecule has 2 bridgehead atoms. The van der Waals surface area contributed by atoms with Crippen molar-refractivity contribution in [1.29, 1.82) is 0 Å². The Morgan fingerprint density at radius 3 is 2.60 bits per heavy atom. The summed E-state index contributed by atoms with van der Waals surface area (Å²) < 4.78 is 0. The minimum absolute atomic E-state index is 0.851. The van der Waals surface area contributed by atoms with E-state index in [1.54, 1.807) is 32.1 Å². The zero-order chi connectivity index (χ0) is 10.3. The van der Waals surface area contributed by atoms with Crippen LogP contribution in [0.4, 0.5) is 0 Å². The van der Waals surface area contributed by atoms with E-state index in [1.165, 1.54) is 19.3 Å². The molecular formula is C14H25N. The molecule has 0 heterocycles. The minimum atomic E-state index is 0.851. The second-order valence-corrected chi connectivity index (χ2v) is 6.26. The van der Waals surface area contributed by atoms with Gasteiger partial charge >= 0.3 is 0 Å². The molecule has 0 aromatic heterocycles. The summed E-state index contributed by atoms with van der Waals surface area (Å²) in [5.41, 5.74) is 0. The molecule has 1 nitrogen and oxygen atoms in total. The summed E-state index contributed by atoms with van der Waals surface area (Å²) in [6.45, 7) is 0. The molecule has 3 aliphatic rings. The molecule has 0 saturated heterocycles. The van der Waals surface area contributed by atoms with E-state index in [2.05, 4.69) is 12.4 Å². The van der Waals surface area contributed by atoms with E-state index in [1.807, 2.05) is 0 Å². The fraction of sp³-hybridized carbons (Fsp3) is 1.00. The van der Waals surface area contributed by atoms with E-state index in [0.29, 0.717) is 0 Å². The first-order valence-electron chi connectivity index (χ1n) is 7.04. The molecule has 3 saturated carbocycles. The lowest BCUT2D eigenvalue weighted by Gasteiger charge is -2.27. The Bertz CT molecular complexity index is 221. The van der Waals surface area contributed by atoms with Crippen molar-refractivity contribution in [1.82, 2.24) is 5.32 Å². The summed E-state index contributed by atoms with van der Waals surface area (Å²) in [5, 5.41) is 3.53. The highest BCUT2D eigenvalue weighted by Gasteiger charge is 2.41. The van der Waals surface area contributed by atoms with Crippen LogP contribution in [-0.2, 0) is 0 Å². The van der Waals surface area contributed by atoms with E-state index < -0.39 is 0 Å². The van der Waals surface area contributed by atoms with Crippen LogP contribution < -0.4 is 5.32 Å². The fourth-order valence-electron chi connectivity index (χ4n) is 4.75. The van der Waals surface area contributed by atoms with Crippen LogP contribution in [0.15, 0.2) is 0 Å². The van der Waals surface area contributed by atoms with Crippen molar-refractivity contribution in [2.24, 2.45) is 23.7 Å². The highest BCUT2D eigenvalue weighted by Crippen LogP contribution is 2.51. The van der Waals surface area contributed by atoms with E-state index in [-0.39, 0.29) is 0 Å². The predicted octanol–water partition coefficient (Wildman–Crippen LogP) is 3.20. The Morgan fingerprint density at radius 2 is 1.93 bits per heavy atom. The molecule has 1 heteroatoms. The van der Waals surface area contributed by atoms with Crippen LogP contribution in [-0.4, -0.2) is 13.1 Å². The third-order valence-corrected chi connectivity index (χ3v) is 5.52. The first-order valence-corrected chi connectivity index (χ1v) is 7.04. The molecule has 5 atom stereocenters. The molecule has 3 aliphatic carbocycles. The average Bonchev–Trinajstić information content (AvgIpc) is 2.92. The van der Waals surface area contributed by atoms with Crippen molar-refractivity contribution in [2.75, 3.05) is 7.05 Å². The summed E-state index contributed by atoms with van der Waals surface area (Å²) >= 11 is 0. The van der Waals surface area contributed by atoms with Crippen LogP contribution in [0.5, 0.6) is 0 Å². The summed E-state index contributed by atoms with van der Waals surface area (Å²) in [4.78, 5) is 0. The smallest absolute Gasteiger partial charge is 0.00924 e. The third kappa shape index (κ3) is 1.84. The molecule has 0 aromatic rings. The molecule has 0 aliphatic heterocycles. The standard InChI is InChI=1S/C14H25N/c1-15-14-4-2-3-12(14)9-13-8-10-5-6-11(13)7-10/h10-15H,2-9H2,1H3. The zero-order valence-electron chi connectivity index (χ0n) is 10.0. The number of nitrogens with one attached hydrogen (secondary N) is 1. The maximum absolute atomic E-state index is 3.53. The third-order valence-electron chi connectivity index (χ3n) is 5.52. The molecule has 5 unspecified atom stereocenters. The molecule has 3 rings (SSSR count). The first-order chi connectivity index (χ1) is 7.36. The van der Waals surface area contributed by atoms with Crippen LogP contribution in [0.25, 0.3) is 0 Å². The second-order valence-electron chi connectivity index (χ2n) is 6.26. The molecular weight excluding hydrogens is 182 g/mol. The summed E-state index contributed by atoms with van der Waals surface area (Å²) in [5.74, 6) is 4.39. The molecule has 0 spiro atoms. The summed E-state index contributed by atoms with van der Waals surface area (Å²) in [7, 11) is 2.16. The van der Waals surface area contributed by atoms with Gasteiger partial charge in [0.25, 0.3) is 0 Å².